The van der Waals surface area contributed by atoms with Crippen LogP contribution < -0.4 is 19.5 Å². The zero-order valence-electron chi connectivity index (χ0n) is 20.2. The molecule has 0 fully saturated rings. The molecule has 2 aliphatic heterocycles. The van der Waals surface area contributed by atoms with Gasteiger partial charge in [0.25, 0.3) is 17.8 Å². The molecule has 12 heteroatoms. The van der Waals surface area contributed by atoms with Crippen molar-refractivity contribution in [1.29, 1.82) is 0 Å². The molecule has 1 aromatic heterocycles. The molecule has 0 saturated carbocycles. The summed E-state index contributed by atoms with van der Waals surface area (Å²) in [6, 6.07) is 4.85. The third-order valence-electron chi connectivity index (χ3n) is 5.12. The van der Waals surface area contributed by atoms with Crippen LogP contribution in [0.5, 0.6) is 17.2 Å². The normalized spacial score (nSPS) is 16.5. The first kappa shape index (κ1) is 23.9. The summed E-state index contributed by atoms with van der Waals surface area (Å²) in [5, 5.41) is 12.8. The lowest BCUT2D eigenvalue weighted by Gasteiger charge is -2.18. The number of amidine groups is 1. The van der Waals surface area contributed by atoms with E-state index < -0.39 is 17.7 Å². The Morgan fingerprint density at radius 1 is 1.03 bits per heavy atom. The number of nitrogens with one attached hydrogen (secondary N) is 1. The highest BCUT2D eigenvalue weighted by molar-refractivity contribution is 6.24. The number of aromatic nitrogens is 2. The van der Waals surface area contributed by atoms with Crippen LogP contribution in [0.3, 0.4) is 0 Å². The van der Waals surface area contributed by atoms with Crippen LogP contribution in [-0.4, -0.2) is 71.5 Å². The Morgan fingerprint density at radius 2 is 1.69 bits per heavy atom. The van der Waals surface area contributed by atoms with Crippen LogP contribution in [0.4, 0.5) is 5.82 Å². The average Bonchev–Trinajstić information content (AvgIpc) is 3.38. The molecule has 1 aromatic carbocycles. The third-order valence-corrected chi connectivity index (χ3v) is 5.12. The highest BCUT2D eigenvalue weighted by atomic mass is 16.5. The molecule has 184 valence electrons. The van der Waals surface area contributed by atoms with Gasteiger partial charge in [-0.2, -0.15) is 24.9 Å². The largest absolute Gasteiger partial charge is 0.490 e. The van der Waals surface area contributed by atoms with E-state index in [0.29, 0.717) is 60.0 Å². The van der Waals surface area contributed by atoms with Crippen LogP contribution in [0.25, 0.3) is 0 Å². The van der Waals surface area contributed by atoms with E-state index in [4.69, 9.17) is 14.2 Å². The predicted molar refractivity (Wildman–Crippen MR) is 130 cm³/mol. The third kappa shape index (κ3) is 4.72. The van der Waals surface area contributed by atoms with E-state index >= 15 is 0 Å². The molecule has 0 aliphatic carbocycles. The zero-order chi connectivity index (χ0) is 25.1. The monoisotopic (exact) mass is 481 g/mol. The van der Waals surface area contributed by atoms with Gasteiger partial charge in [-0.25, -0.2) is 0 Å². The molecular weight excluding hydrogens is 454 g/mol. The van der Waals surface area contributed by atoms with Gasteiger partial charge >= 0.3 is 0 Å². The maximum absolute atomic E-state index is 13.3. The minimum Gasteiger partial charge on any atom is -0.490 e. The molecule has 0 bridgehead atoms. The van der Waals surface area contributed by atoms with Crippen LogP contribution >= 0.6 is 0 Å². The maximum atomic E-state index is 13.3. The quantitative estimate of drug-likeness (QED) is 0.612. The van der Waals surface area contributed by atoms with Gasteiger partial charge in [0.1, 0.15) is 17.6 Å². The van der Waals surface area contributed by atoms with Gasteiger partial charge in [0.05, 0.1) is 25.5 Å². The summed E-state index contributed by atoms with van der Waals surface area (Å²) in [5.74, 6) is 0.571. The number of hydrogen-bond acceptors (Lipinski definition) is 9. The summed E-state index contributed by atoms with van der Waals surface area (Å²) in [6.07, 6.45) is 1.50. The van der Waals surface area contributed by atoms with Gasteiger partial charge in [0.2, 0.25) is 5.75 Å². The predicted octanol–water partition coefficient (Wildman–Crippen LogP) is 2.33. The van der Waals surface area contributed by atoms with E-state index in [0.717, 1.165) is 0 Å². The minimum atomic E-state index is -0.615. The number of benzene rings is 1. The van der Waals surface area contributed by atoms with Crippen LogP contribution in [0.15, 0.2) is 33.3 Å². The van der Waals surface area contributed by atoms with Crippen molar-refractivity contribution in [2.24, 2.45) is 21.0 Å². The Bertz CT molecular complexity index is 1220. The van der Waals surface area contributed by atoms with E-state index in [-0.39, 0.29) is 5.96 Å². The van der Waals surface area contributed by atoms with Crippen molar-refractivity contribution in [3.8, 4) is 17.2 Å². The van der Waals surface area contributed by atoms with E-state index in [1.54, 1.807) is 32.2 Å². The second-order valence-corrected chi connectivity index (χ2v) is 7.62. The van der Waals surface area contributed by atoms with Crippen LogP contribution in [0, 0.1) is 12.8 Å². The Morgan fingerprint density at radius 3 is 2.31 bits per heavy atom. The van der Waals surface area contributed by atoms with Gasteiger partial charge in [0, 0.05) is 24.9 Å². The fourth-order valence-electron chi connectivity index (χ4n) is 3.65. The molecule has 3 heterocycles. The number of hydrazone groups is 1. The van der Waals surface area contributed by atoms with E-state index in [1.165, 1.54) is 15.9 Å². The highest BCUT2D eigenvalue weighted by Gasteiger charge is 2.35. The molecule has 0 radical (unpaired) electrons. The number of aryl methyl sites for hydroxylation is 1. The molecule has 0 spiro atoms. The zero-order valence-corrected chi connectivity index (χ0v) is 20.2. The molecule has 4 rings (SSSR count). The lowest BCUT2D eigenvalue weighted by Crippen LogP contribution is -2.35. The van der Waals surface area contributed by atoms with Crippen molar-refractivity contribution in [3.63, 3.8) is 0 Å². The lowest BCUT2D eigenvalue weighted by molar-refractivity contribution is -0.118. The number of fused-ring (bicyclic) bond motifs is 1. The van der Waals surface area contributed by atoms with E-state index in [1.807, 2.05) is 20.8 Å². The number of hydrogen-bond donors (Lipinski definition) is 1. The van der Waals surface area contributed by atoms with Crippen molar-refractivity contribution in [1.82, 2.24) is 14.8 Å². The first-order valence-corrected chi connectivity index (χ1v) is 11.3. The first-order chi connectivity index (χ1) is 16.9. The van der Waals surface area contributed by atoms with Gasteiger partial charge in [-0.3, -0.25) is 14.6 Å². The van der Waals surface area contributed by atoms with Gasteiger partial charge < -0.3 is 19.5 Å². The first-order valence-electron chi connectivity index (χ1n) is 11.3. The number of carbonyl (C=O) groups is 2. The Kier molecular flexibility index (Phi) is 6.80. The molecule has 2 aliphatic rings. The number of anilines is 1. The fourth-order valence-corrected chi connectivity index (χ4v) is 3.65. The number of aliphatic imine (C=N–C) groups is 2. The molecule has 1 N–H and O–H groups in total. The smallest absolute Gasteiger partial charge is 0.265 e. The van der Waals surface area contributed by atoms with Gasteiger partial charge in [-0.15, -0.1) is 0 Å². The molecular formula is C23H27N7O5. The molecule has 12 nitrogen and oxygen atoms in total. The summed E-state index contributed by atoms with van der Waals surface area (Å²) >= 11 is 0. The fraction of sp³-hybridized carbons (Fsp3) is 0.391. The topological polar surface area (TPSA) is 132 Å². The van der Waals surface area contributed by atoms with Crippen LogP contribution in [-0.2, 0) is 4.79 Å². The van der Waals surface area contributed by atoms with Gasteiger partial charge in [-0.1, -0.05) is 0 Å². The number of amides is 2. The summed E-state index contributed by atoms with van der Waals surface area (Å²) in [4.78, 5) is 34.3. The Hall–Kier alpha value is -4.22. The second-order valence-electron chi connectivity index (χ2n) is 7.62. The molecule has 1 unspecified atom stereocenters. The number of nitrogens with zero attached hydrogens (tertiary/aromatic N) is 6. The summed E-state index contributed by atoms with van der Waals surface area (Å²) in [5.41, 5.74) is 0.897. The Labute approximate surface area is 202 Å². The van der Waals surface area contributed by atoms with Crippen molar-refractivity contribution >= 4 is 35.6 Å². The van der Waals surface area contributed by atoms with Crippen LogP contribution in [0.1, 0.15) is 36.8 Å². The maximum Gasteiger partial charge on any atom is 0.265 e. The molecule has 1 atom stereocenters. The Balaban J connectivity index is 1.67. The second kappa shape index (κ2) is 9.95. The highest BCUT2D eigenvalue weighted by Crippen LogP contribution is 2.39. The lowest BCUT2D eigenvalue weighted by atomic mass is 10.1. The summed E-state index contributed by atoms with van der Waals surface area (Å²) in [7, 11) is 1.69. The van der Waals surface area contributed by atoms with Crippen molar-refractivity contribution in [2.45, 2.75) is 27.7 Å². The summed E-state index contributed by atoms with van der Waals surface area (Å²) < 4.78 is 18.4. The number of carbonyl (C=O) groups excluding carboxylic acids is 2. The molecule has 35 heavy (non-hydrogen) atoms. The van der Waals surface area contributed by atoms with E-state index in [9.17, 15) is 9.59 Å². The van der Waals surface area contributed by atoms with Crippen molar-refractivity contribution < 1.29 is 23.8 Å². The SMILES string of the molecule is CCOc1cc(C(=O)Nc2cc(C)nn2C2=NC(=O)C3C=NN(C)C3=N2)cc(OCC)c1OCC. The summed E-state index contributed by atoms with van der Waals surface area (Å²) in [6.45, 7) is 8.48. The van der Waals surface area contributed by atoms with Gasteiger partial charge in [0.15, 0.2) is 11.5 Å². The number of rotatable bonds is 8. The number of ether oxygens (including phenoxy) is 3. The van der Waals surface area contributed by atoms with E-state index in [2.05, 4.69) is 25.5 Å². The van der Waals surface area contributed by atoms with Crippen molar-refractivity contribution in [3.05, 3.63) is 29.5 Å². The molecule has 0 saturated heterocycles. The van der Waals surface area contributed by atoms with Gasteiger partial charge in [-0.05, 0) is 39.8 Å². The molecule has 2 aromatic rings. The van der Waals surface area contributed by atoms with Crippen molar-refractivity contribution in [2.75, 3.05) is 32.2 Å². The minimum absolute atomic E-state index is 0.0405. The molecule has 2 amide bonds. The standard InChI is InChI=1S/C23H27N7O5/c1-6-33-16-10-14(11-17(34-7-2)19(16)35-8-3)21(31)25-18-9-13(4)28-30(18)23-26-20-15(22(32)27-23)12-24-29(20)5/h9-12,15H,6-8H2,1-5H3,(H,25,31). The average molecular weight is 482 g/mol. The van der Waals surface area contributed by atoms with Crippen LogP contribution in [0.2, 0.25) is 0 Å².